The number of carbonyl (C=O) groups is 1. The summed E-state index contributed by atoms with van der Waals surface area (Å²) in [6, 6.07) is 0. The van der Waals surface area contributed by atoms with Crippen molar-refractivity contribution in [2.75, 3.05) is 0 Å². The van der Waals surface area contributed by atoms with Gasteiger partial charge in [-0.1, -0.05) is 56.9 Å². The van der Waals surface area contributed by atoms with Gasteiger partial charge in [0.25, 0.3) is 0 Å². The van der Waals surface area contributed by atoms with E-state index in [-0.39, 0.29) is 0 Å². The van der Waals surface area contributed by atoms with Crippen molar-refractivity contribution in [1.29, 1.82) is 0 Å². The molecule has 1 heteroatoms. The average molecular weight is 236 g/mol. The van der Waals surface area contributed by atoms with Crippen LogP contribution in [0.15, 0.2) is 11.6 Å². The molecule has 0 unspecified atom stereocenters. The number of allylic oxidation sites excluding steroid dienone is 2. The minimum absolute atomic E-state index is 0.345. The summed E-state index contributed by atoms with van der Waals surface area (Å²) in [7, 11) is 0. The van der Waals surface area contributed by atoms with Gasteiger partial charge in [-0.15, -0.1) is 0 Å². The first-order valence-electron chi connectivity index (χ1n) is 7.49. The highest BCUT2D eigenvalue weighted by molar-refractivity contribution is 5.90. The molecular formula is C16H28O. The number of carbonyl (C=O) groups excluding carboxylic acids is 1. The predicted octanol–water partition coefficient (Wildman–Crippen LogP) is 5.20. The maximum absolute atomic E-state index is 11.7. The molecule has 0 heterocycles. The van der Waals surface area contributed by atoms with Crippen LogP contribution in [0.1, 0.15) is 84.0 Å². The third kappa shape index (κ3) is 8.18. The van der Waals surface area contributed by atoms with Crippen molar-refractivity contribution >= 4 is 5.78 Å². The van der Waals surface area contributed by atoms with Gasteiger partial charge in [0.1, 0.15) is 0 Å². The normalized spacial score (nSPS) is 25.5. The van der Waals surface area contributed by atoms with Crippen molar-refractivity contribution in [1.82, 2.24) is 0 Å². The van der Waals surface area contributed by atoms with Crippen LogP contribution in [0.2, 0.25) is 0 Å². The van der Waals surface area contributed by atoms with Gasteiger partial charge in [-0.05, 0) is 32.3 Å². The van der Waals surface area contributed by atoms with Crippen LogP contribution >= 0.6 is 0 Å². The van der Waals surface area contributed by atoms with Crippen LogP contribution in [0.3, 0.4) is 0 Å². The lowest BCUT2D eigenvalue weighted by atomic mass is 10.0. The zero-order valence-corrected chi connectivity index (χ0v) is 11.5. The molecule has 0 fully saturated rings. The van der Waals surface area contributed by atoms with Crippen LogP contribution in [0.4, 0.5) is 0 Å². The quantitative estimate of drug-likeness (QED) is 0.565. The largest absolute Gasteiger partial charge is 0.295 e. The number of ketones is 1. The summed E-state index contributed by atoms with van der Waals surface area (Å²) < 4.78 is 0. The lowest BCUT2D eigenvalue weighted by Crippen LogP contribution is -1.94. The van der Waals surface area contributed by atoms with E-state index in [9.17, 15) is 4.79 Å². The van der Waals surface area contributed by atoms with Gasteiger partial charge in [0.05, 0.1) is 0 Å². The number of rotatable bonds is 0. The summed E-state index contributed by atoms with van der Waals surface area (Å²) in [6.45, 7) is 2.11. The van der Waals surface area contributed by atoms with Crippen molar-refractivity contribution in [2.24, 2.45) is 0 Å². The van der Waals surface area contributed by atoms with Crippen LogP contribution in [-0.4, -0.2) is 5.78 Å². The van der Waals surface area contributed by atoms with Crippen molar-refractivity contribution in [3.63, 3.8) is 0 Å². The summed E-state index contributed by atoms with van der Waals surface area (Å²) in [5, 5.41) is 0. The highest BCUT2D eigenvalue weighted by atomic mass is 16.1. The number of hydrogen-bond acceptors (Lipinski definition) is 1. The molecule has 1 nitrogen and oxygen atoms in total. The smallest absolute Gasteiger partial charge is 0.155 e. The van der Waals surface area contributed by atoms with E-state index in [0.717, 1.165) is 19.3 Å². The van der Waals surface area contributed by atoms with Gasteiger partial charge < -0.3 is 0 Å². The fourth-order valence-corrected chi connectivity index (χ4v) is 2.54. The van der Waals surface area contributed by atoms with Crippen molar-refractivity contribution in [3.8, 4) is 0 Å². The summed E-state index contributed by atoms with van der Waals surface area (Å²) in [4.78, 5) is 11.7. The van der Waals surface area contributed by atoms with E-state index >= 15 is 0 Å². The molecule has 0 aromatic rings. The minimum atomic E-state index is 0.345. The molecule has 0 amide bonds. The van der Waals surface area contributed by atoms with Crippen molar-refractivity contribution in [3.05, 3.63) is 11.6 Å². The van der Waals surface area contributed by atoms with Crippen LogP contribution in [0, 0.1) is 0 Å². The van der Waals surface area contributed by atoms with E-state index in [0.29, 0.717) is 5.78 Å². The zero-order chi connectivity index (χ0) is 12.3. The molecule has 0 aromatic carbocycles. The first-order valence-corrected chi connectivity index (χ1v) is 7.49. The molecule has 0 N–H and O–H groups in total. The van der Waals surface area contributed by atoms with Gasteiger partial charge in [-0.3, -0.25) is 4.79 Å². The predicted molar refractivity (Wildman–Crippen MR) is 74.2 cm³/mol. The molecule has 0 saturated heterocycles. The SMILES string of the molecule is C/C1=C/C(=O)CCCCCCCCCCCC1. The second-order valence-corrected chi connectivity index (χ2v) is 5.49. The molecule has 17 heavy (non-hydrogen) atoms. The summed E-state index contributed by atoms with van der Waals surface area (Å²) in [6.07, 6.45) is 16.9. The third-order valence-electron chi connectivity index (χ3n) is 3.65. The molecule has 0 radical (unpaired) electrons. The molecule has 0 saturated carbocycles. The number of hydrogen-bond donors (Lipinski definition) is 0. The van der Waals surface area contributed by atoms with Gasteiger partial charge >= 0.3 is 0 Å². The van der Waals surface area contributed by atoms with Crippen molar-refractivity contribution in [2.45, 2.75) is 84.0 Å². The Morgan fingerprint density at radius 3 is 1.65 bits per heavy atom. The molecule has 1 aliphatic rings. The monoisotopic (exact) mass is 236 g/mol. The topological polar surface area (TPSA) is 17.1 Å². The fourth-order valence-electron chi connectivity index (χ4n) is 2.54. The Balaban J connectivity index is 2.33. The van der Waals surface area contributed by atoms with Crippen molar-refractivity contribution < 1.29 is 4.79 Å². The van der Waals surface area contributed by atoms with E-state index < -0.39 is 0 Å². The first kappa shape index (κ1) is 14.5. The molecule has 1 rings (SSSR count). The Morgan fingerprint density at radius 2 is 1.12 bits per heavy atom. The van der Waals surface area contributed by atoms with Crippen LogP contribution in [0.5, 0.6) is 0 Å². The fraction of sp³-hybridized carbons (Fsp3) is 0.812. The molecule has 0 bridgehead atoms. The minimum Gasteiger partial charge on any atom is -0.295 e. The van der Waals surface area contributed by atoms with Crippen LogP contribution in [0.25, 0.3) is 0 Å². The summed E-state index contributed by atoms with van der Waals surface area (Å²) >= 11 is 0. The summed E-state index contributed by atoms with van der Waals surface area (Å²) in [5.74, 6) is 0.345. The van der Waals surface area contributed by atoms with E-state index in [2.05, 4.69) is 6.92 Å². The Hall–Kier alpha value is -0.590. The van der Waals surface area contributed by atoms with E-state index in [1.165, 1.54) is 63.4 Å². The molecule has 0 atom stereocenters. The van der Waals surface area contributed by atoms with Gasteiger partial charge in [0.2, 0.25) is 0 Å². The maximum Gasteiger partial charge on any atom is 0.155 e. The van der Waals surface area contributed by atoms with E-state index in [1.807, 2.05) is 6.08 Å². The standard InChI is InChI=1S/C16H28O/c1-15-12-10-8-6-4-2-3-5-7-9-11-13-16(17)14-15/h14H,2-13H2,1H3/b15-14-. The first-order chi connectivity index (χ1) is 8.29. The molecular weight excluding hydrogens is 208 g/mol. The molecule has 98 valence electrons. The Labute approximate surface area is 107 Å². The molecule has 0 spiro atoms. The Kier molecular flexibility index (Phi) is 8.04. The highest BCUT2D eigenvalue weighted by Gasteiger charge is 2.01. The van der Waals surface area contributed by atoms with Crippen LogP contribution in [-0.2, 0) is 4.79 Å². The van der Waals surface area contributed by atoms with E-state index in [4.69, 9.17) is 0 Å². The zero-order valence-electron chi connectivity index (χ0n) is 11.5. The Morgan fingerprint density at radius 1 is 0.706 bits per heavy atom. The Bertz CT molecular complexity index is 240. The second-order valence-electron chi connectivity index (χ2n) is 5.49. The lowest BCUT2D eigenvalue weighted by Gasteiger charge is -2.02. The van der Waals surface area contributed by atoms with E-state index in [1.54, 1.807) is 0 Å². The highest BCUT2D eigenvalue weighted by Crippen LogP contribution is 2.15. The van der Waals surface area contributed by atoms with Gasteiger partial charge in [0, 0.05) is 6.42 Å². The summed E-state index contributed by atoms with van der Waals surface area (Å²) in [5.41, 5.74) is 1.28. The van der Waals surface area contributed by atoms with Gasteiger partial charge in [-0.25, -0.2) is 0 Å². The lowest BCUT2D eigenvalue weighted by molar-refractivity contribution is -0.114. The molecule has 0 aliphatic heterocycles. The third-order valence-corrected chi connectivity index (χ3v) is 3.65. The maximum atomic E-state index is 11.7. The van der Waals surface area contributed by atoms with Crippen LogP contribution < -0.4 is 0 Å². The molecule has 0 aromatic heterocycles. The van der Waals surface area contributed by atoms with Gasteiger partial charge in [0.15, 0.2) is 5.78 Å². The second kappa shape index (κ2) is 9.44. The van der Waals surface area contributed by atoms with Gasteiger partial charge in [-0.2, -0.15) is 0 Å². The average Bonchev–Trinajstić information content (AvgIpc) is 2.30. The molecule has 1 aliphatic carbocycles.